The van der Waals surface area contributed by atoms with Gasteiger partial charge in [0, 0.05) is 31.5 Å². The Morgan fingerprint density at radius 3 is 2.48 bits per heavy atom. The highest BCUT2D eigenvalue weighted by molar-refractivity contribution is 5.94. The molecule has 0 atom stereocenters. The monoisotopic (exact) mass is 282 g/mol. The first-order chi connectivity index (χ1) is 10.1. The minimum absolute atomic E-state index is 0.140. The van der Waals surface area contributed by atoms with Crippen LogP contribution >= 0.6 is 0 Å². The molecule has 106 valence electrons. The summed E-state index contributed by atoms with van der Waals surface area (Å²) in [5, 5.41) is 17.3. The number of carboxylic acids is 1. The fourth-order valence-electron chi connectivity index (χ4n) is 2.19. The lowest BCUT2D eigenvalue weighted by atomic mass is 10.2. The number of rotatable bonds is 3. The Hall–Kier alpha value is -2.89. The number of hydrogen-bond acceptors (Lipinski definition) is 4. The van der Waals surface area contributed by atoms with Gasteiger partial charge in [0.1, 0.15) is 5.56 Å². The van der Waals surface area contributed by atoms with Gasteiger partial charge in [-0.05, 0) is 36.4 Å². The van der Waals surface area contributed by atoms with Crippen LogP contribution < -0.4 is 4.90 Å². The molecule has 6 nitrogen and oxygen atoms in total. The van der Waals surface area contributed by atoms with Crippen LogP contribution in [0.1, 0.15) is 10.4 Å². The van der Waals surface area contributed by atoms with E-state index in [9.17, 15) is 9.90 Å². The van der Waals surface area contributed by atoms with E-state index < -0.39 is 5.97 Å². The summed E-state index contributed by atoms with van der Waals surface area (Å²) < 4.78 is 1.69. The number of carbonyl (C=O) groups is 1. The molecular formula is C15H14N4O2. The number of fused-ring (bicyclic) bond motifs is 1. The zero-order chi connectivity index (χ0) is 15.0. The quantitative estimate of drug-likeness (QED) is 0.797. The molecule has 2 heterocycles. The number of nitrogens with zero attached hydrogens (tertiary/aromatic N) is 4. The molecule has 0 bridgehead atoms. The summed E-state index contributed by atoms with van der Waals surface area (Å²) >= 11 is 0. The highest BCUT2D eigenvalue weighted by Gasteiger charge is 2.14. The number of anilines is 1. The Morgan fingerprint density at radius 1 is 1.14 bits per heavy atom. The highest BCUT2D eigenvalue weighted by atomic mass is 16.4. The molecule has 21 heavy (non-hydrogen) atoms. The van der Waals surface area contributed by atoms with E-state index in [1.807, 2.05) is 43.3 Å². The molecule has 1 aromatic carbocycles. The fraction of sp³-hybridized carbons (Fsp3) is 0.133. The summed E-state index contributed by atoms with van der Waals surface area (Å²) in [4.78, 5) is 13.2. The van der Waals surface area contributed by atoms with Crippen molar-refractivity contribution in [3.8, 4) is 11.4 Å². The normalized spacial score (nSPS) is 10.8. The second-order valence-electron chi connectivity index (χ2n) is 4.89. The maximum atomic E-state index is 11.2. The molecule has 0 spiro atoms. The van der Waals surface area contributed by atoms with E-state index >= 15 is 0 Å². The van der Waals surface area contributed by atoms with Crippen LogP contribution in [0.3, 0.4) is 0 Å². The molecule has 0 aliphatic heterocycles. The van der Waals surface area contributed by atoms with Crippen molar-refractivity contribution in [2.24, 2.45) is 0 Å². The topological polar surface area (TPSA) is 70.7 Å². The maximum Gasteiger partial charge on any atom is 0.339 e. The minimum atomic E-state index is -1.01. The molecule has 6 heteroatoms. The van der Waals surface area contributed by atoms with E-state index in [2.05, 4.69) is 10.2 Å². The SMILES string of the molecule is CN(C)c1ccc(-c2nnc3c(C(=O)O)cccn23)cc1. The molecule has 3 rings (SSSR count). The number of benzene rings is 1. The summed E-state index contributed by atoms with van der Waals surface area (Å²) in [6, 6.07) is 11.1. The van der Waals surface area contributed by atoms with Crippen molar-refractivity contribution in [3.05, 3.63) is 48.2 Å². The highest BCUT2D eigenvalue weighted by Crippen LogP contribution is 2.22. The van der Waals surface area contributed by atoms with Crippen LogP contribution in [0.2, 0.25) is 0 Å². The van der Waals surface area contributed by atoms with Crippen molar-refractivity contribution in [2.75, 3.05) is 19.0 Å². The number of pyridine rings is 1. The van der Waals surface area contributed by atoms with Crippen molar-refractivity contribution >= 4 is 17.3 Å². The van der Waals surface area contributed by atoms with Crippen molar-refractivity contribution in [2.45, 2.75) is 0 Å². The molecule has 0 unspecified atom stereocenters. The smallest absolute Gasteiger partial charge is 0.339 e. The standard InChI is InChI=1S/C15H14N4O2/c1-18(2)11-7-5-10(6-8-11)13-16-17-14-12(15(20)21)4-3-9-19(13)14/h3-9H,1-2H3,(H,20,21). The maximum absolute atomic E-state index is 11.2. The molecule has 2 aromatic heterocycles. The number of carboxylic acid groups (broad SMARTS) is 1. The molecule has 0 aliphatic rings. The predicted octanol–water partition coefficient (Wildman–Crippen LogP) is 2.16. The first kappa shape index (κ1) is 13.1. The first-order valence-electron chi connectivity index (χ1n) is 6.43. The van der Waals surface area contributed by atoms with Gasteiger partial charge in [-0.3, -0.25) is 4.40 Å². The lowest BCUT2D eigenvalue weighted by Gasteiger charge is -2.12. The van der Waals surface area contributed by atoms with E-state index in [1.54, 1.807) is 16.7 Å². The lowest BCUT2D eigenvalue weighted by Crippen LogP contribution is -2.08. The van der Waals surface area contributed by atoms with Crippen LogP contribution in [0.5, 0.6) is 0 Å². The summed E-state index contributed by atoms with van der Waals surface area (Å²) in [5.74, 6) is -0.388. The van der Waals surface area contributed by atoms with Gasteiger partial charge in [0.15, 0.2) is 11.5 Å². The summed E-state index contributed by atoms with van der Waals surface area (Å²) in [7, 11) is 3.95. The molecule has 3 aromatic rings. The van der Waals surface area contributed by atoms with Gasteiger partial charge in [0.05, 0.1) is 0 Å². The summed E-state index contributed by atoms with van der Waals surface area (Å²) in [6.07, 6.45) is 1.76. The molecule has 0 fully saturated rings. The Labute approximate surface area is 121 Å². The van der Waals surface area contributed by atoms with Gasteiger partial charge < -0.3 is 10.0 Å². The van der Waals surface area contributed by atoms with Crippen LogP contribution in [0.15, 0.2) is 42.6 Å². The summed E-state index contributed by atoms with van der Waals surface area (Å²) in [5.41, 5.74) is 2.45. The first-order valence-corrected chi connectivity index (χ1v) is 6.43. The molecule has 0 saturated heterocycles. The van der Waals surface area contributed by atoms with Gasteiger partial charge in [-0.2, -0.15) is 0 Å². The Balaban J connectivity index is 2.13. The molecule has 0 saturated carbocycles. The Bertz CT molecular complexity index is 806. The summed E-state index contributed by atoms with van der Waals surface area (Å²) in [6.45, 7) is 0. The van der Waals surface area contributed by atoms with E-state index in [-0.39, 0.29) is 5.56 Å². The predicted molar refractivity (Wildman–Crippen MR) is 79.7 cm³/mol. The van der Waals surface area contributed by atoms with Gasteiger partial charge in [-0.25, -0.2) is 4.79 Å². The third-order valence-corrected chi connectivity index (χ3v) is 3.31. The van der Waals surface area contributed by atoms with Crippen molar-refractivity contribution in [1.29, 1.82) is 0 Å². The van der Waals surface area contributed by atoms with Crippen molar-refractivity contribution in [3.63, 3.8) is 0 Å². The van der Waals surface area contributed by atoms with Gasteiger partial charge in [0.25, 0.3) is 0 Å². The Kier molecular flexibility index (Phi) is 3.06. The van der Waals surface area contributed by atoms with Crippen LogP contribution in [0, 0.1) is 0 Å². The molecular weight excluding hydrogens is 268 g/mol. The number of aromatic nitrogens is 3. The second-order valence-corrected chi connectivity index (χ2v) is 4.89. The number of aromatic carboxylic acids is 1. The van der Waals surface area contributed by atoms with Crippen LogP contribution in [0.4, 0.5) is 5.69 Å². The zero-order valence-electron chi connectivity index (χ0n) is 11.7. The van der Waals surface area contributed by atoms with E-state index in [1.165, 1.54) is 6.07 Å². The van der Waals surface area contributed by atoms with Gasteiger partial charge in [-0.1, -0.05) is 0 Å². The van der Waals surface area contributed by atoms with Crippen LogP contribution in [-0.4, -0.2) is 39.8 Å². The van der Waals surface area contributed by atoms with Gasteiger partial charge >= 0.3 is 5.97 Å². The molecule has 1 N–H and O–H groups in total. The van der Waals surface area contributed by atoms with Crippen LogP contribution in [-0.2, 0) is 0 Å². The Morgan fingerprint density at radius 2 is 1.86 bits per heavy atom. The van der Waals surface area contributed by atoms with E-state index in [0.29, 0.717) is 11.5 Å². The molecule has 0 aliphatic carbocycles. The van der Waals surface area contributed by atoms with Gasteiger partial charge in [-0.15, -0.1) is 10.2 Å². The number of hydrogen-bond donors (Lipinski definition) is 1. The average molecular weight is 282 g/mol. The van der Waals surface area contributed by atoms with Crippen LogP contribution in [0.25, 0.3) is 17.0 Å². The lowest BCUT2D eigenvalue weighted by molar-refractivity contribution is 0.0698. The van der Waals surface area contributed by atoms with E-state index in [4.69, 9.17) is 0 Å². The fourth-order valence-corrected chi connectivity index (χ4v) is 2.19. The average Bonchev–Trinajstić information content (AvgIpc) is 2.90. The third kappa shape index (κ3) is 2.20. The van der Waals surface area contributed by atoms with Crippen molar-refractivity contribution in [1.82, 2.24) is 14.6 Å². The minimum Gasteiger partial charge on any atom is -0.478 e. The zero-order valence-corrected chi connectivity index (χ0v) is 11.7. The van der Waals surface area contributed by atoms with E-state index in [0.717, 1.165) is 11.3 Å². The second kappa shape index (κ2) is 4.90. The molecule has 0 amide bonds. The van der Waals surface area contributed by atoms with Crippen molar-refractivity contribution < 1.29 is 9.90 Å². The molecule has 0 radical (unpaired) electrons. The third-order valence-electron chi connectivity index (χ3n) is 3.31. The largest absolute Gasteiger partial charge is 0.478 e. The van der Waals surface area contributed by atoms with Gasteiger partial charge in [0.2, 0.25) is 0 Å².